The molecule has 0 heterocycles. The van der Waals surface area contributed by atoms with E-state index < -0.39 is 0 Å². The molecule has 0 amide bonds. The zero-order valence-electron chi connectivity index (χ0n) is 12.8. The van der Waals surface area contributed by atoms with E-state index >= 15 is 0 Å². The molecular formula is C18H29N. The molecule has 1 saturated carbocycles. The van der Waals surface area contributed by atoms with Gasteiger partial charge in [-0.3, -0.25) is 4.90 Å². The number of benzene rings is 1. The van der Waals surface area contributed by atoms with Crippen LogP contribution in [0.3, 0.4) is 0 Å². The van der Waals surface area contributed by atoms with Crippen LogP contribution in [0.25, 0.3) is 0 Å². The van der Waals surface area contributed by atoms with Crippen molar-refractivity contribution in [3.8, 4) is 0 Å². The SMILES string of the molecule is CC(C)CN(C1CCCCC1)C(C)c1ccccc1. The molecule has 0 radical (unpaired) electrons. The van der Waals surface area contributed by atoms with Crippen LogP contribution in [0, 0.1) is 5.92 Å². The first kappa shape index (κ1) is 14.6. The molecule has 1 fully saturated rings. The highest BCUT2D eigenvalue weighted by Crippen LogP contribution is 2.30. The largest absolute Gasteiger partial charge is 0.293 e. The van der Waals surface area contributed by atoms with E-state index in [1.807, 2.05) is 0 Å². The predicted molar refractivity (Wildman–Crippen MR) is 83.3 cm³/mol. The average Bonchev–Trinajstić information content (AvgIpc) is 2.46. The third-order valence-electron chi connectivity index (χ3n) is 4.40. The Hall–Kier alpha value is -0.820. The Kier molecular flexibility index (Phi) is 5.45. The molecule has 19 heavy (non-hydrogen) atoms. The third-order valence-corrected chi connectivity index (χ3v) is 4.40. The lowest BCUT2D eigenvalue weighted by Gasteiger charge is -2.40. The van der Waals surface area contributed by atoms with Crippen molar-refractivity contribution in [1.82, 2.24) is 4.90 Å². The van der Waals surface area contributed by atoms with Gasteiger partial charge < -0.3 is 0 Å². The van der Waals surface area contributed by atoms with Gasteiger partial charge in [0.1, 0.15) is 0 Å². The lowest BCUT2D eigenvalue weighted by Crippen LogP contribution is -2.40. The summed E-state index contributed by atoms with van der Waals surface area (Å²) in [6.45, 7) is 8.29. The number of hydrogen-bond donors (Lipinski definition) is 0. The van der Waals surface area contributed by atoms with E-state index in [1.165, 1.54) is 44.2 Å². The number of hydrogen-bond acceptors (Lipinski definition) is 1. The topological polar surface area (TPSA) is 3.24 Å². The zero-order valence-corrected chi connectivity index (χ0v) is 12.8. The van der Waals surface area contributed by atoms with Gasteiger partial charge in [-0.2, -0.15) is 0 Å². The molecule has 0 bridgehead atoms. The van der Waals surface area contributed by atoms with Gasteiger partial charge in [-0.15, -0.1) is 0 Å². The molecule has 0 aromatic heterocycles. The lowest BCUT2D eigenvalue weighted by molar-refractivity contribution is 0.0976. The van der Waals surface area contributed by atoms with E-state index in [0.717, 1.165) is 12.0 Å². The summed E-state index contributed by atoms with van der Waals surface area (Å²) in [4.78, 5) is 2.76. The molecule has 1 unspecified atom stereocenters. The second-order valence-corrected chi connectivity index (χ2v) is 6.47. The summed E-state index contributed by atoms with van der Waals surface area (Å²) in [6, 6.07) is 12.4. The van der Waals surface area contributed by atoms with E-state index in [0.29, 0.717) is 6.04 Å². The summed E-state index contributed by atoms with van der Waals surface area (Å²) in [5.41, 5.74) is 1.47. The van der Waals surface area contributed by atoms with Crippen molar-refractivity contribution in [2.24, 2.45) is 5.92 Å². The normalized spacial score (nSPS) is 19.0. The zero-order chi connectivity index (χ0) is 13.7. The van der Waals surface area contributed by atoms with Gasteiger partial charge in [0.25, 0.3) is 0 Å². The smallest absolute Gasteiger partial charge is 0.0322 e. The number of nitrogens with zero attached hydrogens (tertiary/aromatic N) is 1. The first-order valence-electron chi connectivity index (χ1n) is 7.99. The summed E-state index contributed by atoms with van der Waals surface area (Å²) < 4.78 is 0. The van der Waals surface area contributed by atoms with Crippen LogP contribution in [0.1, 0.15) is 64.5 Å². The highest BCUT2D eigenvalue weighted by molar-refractivity contribution is 5.18. The van der Waals surface area contributed by atoms with Crippen molar-refractivity contribution in [3.63, 3.8) is 0 Å². The van der Waals surface area contributed by atoms with E-state index in [1.54, 1.807) is 0 Å². The minimum atomic E-state index is 0.548. The van der Waals surface area contributed by atoms with Gasteiger partial charge in [-0.1, -0.05) is 63.4 Å². The Morgan fingerprint density at radius 2 is 1.63 bits per heavy atom. The van der Waals surface area contributed by atoms with E-state index in [9.17, 15) is 0 Å². The summed E-state index contributed by atoms with van der Waals surface area (Å²) >= 11 is 0. The molecule has 2 rings (SSSR count). The summed E-state index contributed by atoms with van der Waals surface area (Å²) in [5.74, 6) is 0.744. The van der Waals surface area contributed by atoms with Crippen LogP contribution in [0.15, 0.2) is 30.3 Å². The molecule has 0 N–H and O–H groups in total. The molecule has 1 aromatic carbocycles. The Labute approximate surface area is 119 Å². The highest BCUT2D eigenvalue weighted by atomic mass is 15.2. The van der Waals surface area contributed by atoms with Crippen LogP contribution in [-0.2, 0) is 0 Å². The second kappa shape index (κ2) is 7.09. The van der Waals surface area contributed by atoms with Crippen LogP contribution >= 0.6 is 0 Å². The Morgan fingerprint density at radius 1 is 1.00 bits per heavy atom. The first-order chi connectivity index (χ1) is 9.18. The summed E-state index contributed by atoms with van der Waals surface area (Å²) in [6.07, 6.45) is 7.06. The van der Waals surface area contributed by atoms with E-state index in [2.05, 4.69) is 56.0 Å². The lowest BCUT2D eigenvalue weighted by atomic mass is 9.91. The first-order valence-corrected chi connectivity index (χ1v) is 7.99. The van der Waals surface area contributed by atoms with Crippen molar-refractivity contribution >= 4 is 0 Å². The predicted octanol–water partition coefficient (Wildman–Crippen LogP) is 5.04. The summed E-state index contributed by atoms with van der Waals surface area (Å²) in [5, 5.41) is 0. The van der Waals surface area contributed by atoms with Crippen molar-refractivity contribution in [2.75, 3.05) is 6.54 Å². The maximum absolute atomic E-state index is 2.76. The average molecular weight is 259 g/mol. The van der Waals surface area contributed by atoms with Gasteiger partial charge in [-0.05, 0) is 31.2 Å². The maximum atomic E-state index is 2.76. The van der Waals surface area contributed by atoms with Crippen LogP contribution < -0.4 is 0 Å². The van der Waals surface area contributed by atoms with Crippen LogP contribution in [0.5, 0.6) is 0 Å². The van der Waals surface area contributed by atoms with Gasteiger partial charge in [-0.25, -0.2) is 0 Å². The highest BCUT2D eigenvalue weighted by Gasteiger charge is 2.26. The van der Waals surface area contributed by atoms with Crippen molar-refractivity contribution in [1.29, 1.82) is 0 Å². The van der Waals surface area contributed by atoms with Crippen LogP contribution in [0.2, 0.25) is 0 Å². The minimum Gasteiger partial charge on any atom is -0.293 e. The fourth-order valence-electron chi connectivity index (χ4n) is 3.38. The van der Waals surface area contributed by atoms with E-state index in [-0.39, 0.29) is 0 Å². The fourth-order valence-corrected chi connectivity index (χ4v) is 3.38. The number of rotatable bonds is 5. The Morgan fingerprint density at radius 3 is 2.21 bits per heavy atom. The minimum absolute atomic E-state index is 0.548. The van der Waals surface area contributed by atoms with E-state index in [4.69, 9.17) is 0 Å². The van der Waals surface area contributed by atoms with Gasteiger partial charge in [0.2, 0.25) is 0 Å². The third kappa shape index (κ3) is 4.07. The Balaban J connectivity index is 2.11. The molecule has 1 heteroatoms. The van der Waals surface area contributed by atoms with Crippen molar-refractivity contribution < 1.29 is 0 Å². The van der Waals surface area contributed by atoms with Crippen LogP contribution in [0.4, 0.5) is 0 Å². The molecular weight excluding hydrogens is 230 g/mol. The summed E-state index contributed by atoms with van der Waals surface area (Å²) in [7, 11) is 0. The molecule has 1 aromatic rings. The fraction of sp³-hybridized carbons (Fsp3) is 0.667. The second-order valence-electron chi connectivity index (χ2n) is 6.47. The standard InChI is InChI=1S/C18H29N/c1-15(2)14-19(18-12-8-5-9-13-18)16(3)17-10-6-4-7-11-17/h4,6-7,10-11,15-16,18H,5,8-9,12-14H2,1-3H3. The molecule has 1 atom stereocenters. The van der Waals surface area contributed by atoms with Crippen molar-refractivity contribution in [3.05, 3.63) is 35.9 Å². The van der Waals surface area contributed by atoms with Crippen LogP contribution in [-0.4, -0.2) is 17.5 Å². The molecule has 0 aliphatic heterocycles. The monoisotopic (exact) mass is 259 g/mol. The maximum Gasteiger partial charge on any atom is 0.0322 e. The molecule has 106 valence electrons. The molecule has 0 spiro atoms. The molecule has 0 saturated heterocycles. The van der Waals surface area contributed by atoms with Gasteiger partial charge in [0.15, 0.2) is 0 Å². The van der Waals surface area contributed by atoms with Gasteiger partial charge in [0.05, 0.1) is 0 Å². The molecule has 1 aliphatic carbocycles. The quantitative estimate of drug-likeness (QED) is 0.716. The van der Waals surface area contributed by atoms with Gasteiger partial charge >= 0.3 is 0 Å². The van der Waals surface area contributed by atoms with Gasteiger partial charge in [0, 0.05) is 18.6 Å². The molecule has 1 aliphatic rings. The van der Waals surface area contributed by atoms with Crippen molar-refractivity contribution in [2.45, 2.75) is 65.0 Å². The Bertz CT molecular complexity index is 351. The molecule has 1 nitrogen and oxygen atoms in total.